The summed E-state index contributed by atoms with van der Waals surface area (Å²) in [4.78, 5) is 18.7. The molecule has 0 aliphatic rings. The number of anilines is 9. The summed E-state index contributed by atoms with van der Waals surface area (Å²) < 4.78 is 4.74. The molecular formula is C77H55N7. The Morgan fingerprint density at radius 2 is 0.583 bits per heavy atom. The maximum absolute atomic E-state index is 5.90. The minimum Gasteiger partial charge on any atom is -0.310 e. The van der Waals surface area contributed by atoms with E-state index in [0.29, 0.717) is 5.95 Å². The van der Waals surface area contributed by atoms with Crippen LogP contribution in [0.5, 0.6) is 0 Å². The molecule has 0 saturated heterocycles. The molecule has 0 fully saturated rings. The molecule has 0 amide bonds. The molecule has 7 nitrogen and oxygen atoms in total. The van der Waals surface area contributed by atoms with E-state index < -0.39 is 0 Å². The van der Waals surface area contributed by atoms with Gasteiger partial charge < -0.3 is 19.3 Å². The molecule has 0 spiro atoms. The Balaban J connectivity index is 1.06. The van der Waals surface area contributed by atoms with Crippen molar-refractivity contribution in [2.24, 2.45) is 0 Å². The van der Waals surface area contributed by atoms with Crippen molar-refractivity contribution in [3.8, 4) is 34.2 Å². The molecule has 84 heavy (non-hydrogen) atoms. The van der Waals surface area contributed by atoms with Crippen LogP contribution in [0.1, 0.15) is 5.56 Å². The summed E-state index contributed by atoms with van der Waals surface area (Å²) in [7, 11) is 0. The van der Waals surface area contributed by atoms with E-state index in [-0.39, 0.29) is 0 Å². The average Bonchev–Trinajstić information content (AvgIpc) is 1.78. The zero-order chi connectivity index (χ0) is 55.9. The van der Waals surface area contributed by atoms with Gasteiger partial charge in [-0.2, -0.15) is 0 Å². The van der Waals surface area contributed by atoms with E-state index >= 15 is 0 Å². The number of nitrogens with zero attached hydrogens (tertiary/aromatic N) is 7. The molecule has 0 radical (unpaired) electrons. The maximum Gasteiger partial charge on any atom is 0.235 e. The van der Waals surface area contributed by atoms with Gasteiger partial charge in [-0.25, -0.2) is 9.97 Å². The summed E-state index contributed by atoms with van der Waals surface area (Å²) >= 11 is 0. The van der Waals surface area contributed by atoms with Crippen LogP contribution in [0.15, 0.2) is 315 Å². The monoisotopic (exact) mass is 1080 g/mol. The second-order valence-electron chi connectivity index (χ2n) is 21.2. The van der Waals surface area contributed by atoms with Gasteiger partial charge in [0.1, 0.15) is 0 Å². The van der Waals surface area contributed by atoms with E-state index in [0.717, 1.165) is 123 Å². The summed E-state index contributed by atoms with van der Waals surface area (Å²) in [6.45, 7) is 2.18. The molecule has 12 aromatic carbocycles. The van der Waals surface area contributed by atoms with Gasteiger partial charge in [0.25, 0.3) is 0 Å². The molecule has 0 atom stereocenters. The van der Waals surface area contributed by atoms with E-state index in [9.17, 15) is 0 Å². The first-order valence-electron chi connectivity index (χ1n) is 28.5. The number of hydrogen-bond acceptors (Lipinski definition) is 5. The van der Waals surface area contributed by atoms with Crippen LogP contribution < -0.4 is 14.7 Å². The lowest BCUT2D eigenvalue weighted by Crippen LogP contribution is -2.14. The first-order chi connectivity index (χ1) is 41.6. The van der Waals surface area contributed by atoms with Gasteiger partial charge in [-0.05, 0) is 152 Å². The van der Waals surface area contributed by atoms with Crippen LogP contribution in [0, 0.1) is 6.92 Å². The highest BCUT2D eigenvalue weighted by atomic mass is 15.2. The normalized spacial score (nSPS) is 11.4. The third-order valence-electron chi connectivity index (χ3n) is 15.8. The lowest BCUT2D eigenvalue weighted by molar-refractivity contribution is 0.994. The summed E-state index contributed by atoms with van der Waals surface area (Å²) in [5.74, 6) is 0.551. The van der Waals surface area contributed by atoms with Crippen molar-refractivity contribution in [2.75, 3.05) is 14.7 Å². The van der Waals surface area contributed by atoms with Crippen molar-refractivity contribution in [3.63, 3.8) is 0 Å². The molecule has 15 aromatic rings. The SMILES string of the molecule is Cc1cc(-c2cc(-c3cc(N(c4ccccc4)c4ccccc4)cc(N(c4ccccc4)c4ccccc4)c3)nc(-n3c4ccccc4c4ccc5c6ccccc6n(-c6ccccc6)c5c43)n2)cc(N(c2ccccc2)c2ccccc2)c1. The fourth-order valence-corrected chi connectivity index (χ4v) is 12.2. The second-order valence-corrected chi connectivity index (χ2v) is 21.2. The highest BCUT2D eigenvalue weighted by Gasteiger charge is 2.26. The number of aromatic nitrogens is 4. The molecule has 15 rings (SSSR count). The Labute approximate surface area is 488 Å². The summed E-state index contributed by atoms with van der Waals surface area (Å²) in [5, 5.41) is 4.54. The molecule has 3 aromatic heterocycles. The molecule has 0 N–H and O–H groups in total. The predicted octanol–water partition coefficient (Wildman–Crippen LogP) is 20.7. The van der Waals surface area contributed by atoms with E-state index in [1.165, 1.54) is 5.39 Å². The van der Waals surface area contributed by atoms with Gasteiger partial charge >= 0.3 is 0 Å². The summed E-state index contributed by atoms with van der Waals surface area (Å²) in [6, 6.07) is 112. The molecule has 398 valence electrons. The quantitative estimate of drug-likeness (QED) is 0.115. The highest BCUT2D eigenvalue weighted by Crippen LogP contribution is 2.46. The standard InChI is InChI=1S/C77H55N7/c1-54-47-55(49-64(48-54)80(57-27-9-2-10-28-57)58-29-11-3-12-30-58)71-53-72(79-77(78-71)84-74-44-26-24-42-68(74)70-46-45-69-67-41-23-25-43-73(67)83(75(69)76(70)84)63-39-21-8-22-40-63)56-50-65(81(59-31-13-4-14-32-59)60-33-15-5-16-34-60)52-66(51-56)82(61-35-17-6-18-36-61)62-37-19-7-20-38-62/h2-53H,1H3. The van der Waals surface area contributed by atoms with Crippen LogP contribution in [-0.2, 0) is 0 Å². The maximum atomic E-state index is 5.90. The van der Waals surface area contributed by atoms with Crippen LogP contribution in [0.4, 0.5) is 51.2 Å². The lowest BCUT2D eigenvalue weighted by Gasteiger charge is -2.30. The number of rotatable bonds is 13. The van der Waals surface area contributed by atoms with Crippen molar-refractivity contribution in [2.45, 2.75) is 6.92 Å². The third kappa shape index (κ3) is 8.97. The lowest BCUT2D eigenvalue weighted by atomic mass is 10.0. The van der Waals surface area contributed by atoms with Crippen molar-refractivity contribution < 1.29 is 0 Å². The second kappa shape index (κ2) is 21.3. The van der Waals surface area contributed by atoms with Gasteiger partial charge in [-0.1, -0.05) is 176 Å². The fraction of sp³-hybridized carbons (Fsp3) is 0.0130. The van der Waals surface area contributed by atoms with Gasteiger partial charge in [0.2, 0.25) is 5.95 Å². The number of para-hydroxylation sites is 9. The molecule has 0 aliphatic carbocycles. The minimum atomic E-state index is 0.551. The van der Waals surface area contributed by atoms with Crippen molar-refractivity contribution >= 4 is 94.8 Å². The Hall–Kier alpha value is -11.3. The van der Waals surface area contributed by atoms with Crippen molar-refractivity contribution in [3.05, 3.63) is 321 Å². The van der Waals surface area contributed by atoms with Gasteiger partial charge in [-0.15, -0.1) is 0 Å². The van der Waals surface area contributed by atoms with Crippen LogP contribution in [0.3, 0.4) is 0 Å². The zero-order valence-electron chi connectivity index (χ0n) is 46.2. The number of aryl methyl sites for hydroxylation is 1. The van der Waals surface area contributed by atoms with Gasteiger partial charge in [0.15, 0.2) is 0 Å². The van der Waals surface area contributed by atoms with E-state index in [1.54, 1.807) is 0 Å². The van der Waals surface area contributed by atoms with Crippen LogP contribution in [0.25, 0.3) is 77.8 Å². The van der Waals surface area contributed by atoms with Crippen LogP contribution in [-0.4, -0.2) is 19.1 Å². The molecule has 7 heteroatoms. The van der Waals surface area contributed by atoms with Crippen molar-refractivity contribution in [1.29, 1.82) is 0 Å². The van der Waals surface area contributed by atoms with E-state index in [2.05, 4.69) is 346 Å². The fourth-order valence-electron chi connectivity index (χ4n) is 12.2. The average molecular weight is 1080 g/mol. The first-order valence-corrected chi connectivity index (χ1v) is 28.5. The smallest absolute Gasteiger partial charge is 0.235 e. The van der Waals surface area contributed by atoms with Gasteiger partial charge in [-0.3, -0.25) is 4.57 Å². The number of benzene rings is 12. The molecular weight excluding hydrogens is 1020 g/mol. The largest absolute Gasteiger partial charge is 0.310 e. The van der Waals surface area contributed by atoms with Crippen LogP contribution >= 0.6 is 0 Å². The Bertz CT molecular complexity index is 4620. The van der Waals surface area contributed by atoms with Gasteiger partial charge in [0.05, 0.1) is 33.5 Å². The predicted molar refractivity (Wildman–Crippen MR) is 350 cm³/mol. The van der Waals surface area contributed by atoms with E-state index in [1.807, 2.05) is 0 Å². The van der Waals surface area contributed by atoms with E-state index in [4.69, 9.17) is 9.97 Å². The molecule has 3 heterocycles. The van der Waals surface area contributed by atoms with Crippen LogP contribution in [0.2, 0.25) is 0 Å². The Morgan fingerprint density at radius 1 is 0.262 bits per heavy atom. The zero-order valence-corrected chi connectivity index (χ0v) is 46.2. The Morgan fingerprint density at radius 3 is 0.988 bits per heavy atom. The summed E-state index contributed by atoms with van der Waals surface area (Å²) in [6.07, 6.45) is 0. The van der Waals surface area contributed by atoms with Crippen molar-refractivity contribution in [1.82, 2.24) is 19.1 Å². The third-order valence-corrected chi connectivity index (χ3v) is 15.8. The van der Waals surface area contributed by atoms with Gasteiger partial charge in [0, 0.05) is 89.5 Å². The molecule has 0 aliphatic heterocycles. The summed E-state index contributed by atoms with van der Waals surface area (Å²) in [5.41, 5.74) is 19.0. The topological polar surface area (TPSA) is 45.4 Å². The Kier molecular flexibility index (Phi) is 12.6. The minimum absolute atomic E-state index is 0.551. The number of fused-ring (bicyclic) bond motifs is 7. The molecule has 0 unspecified atom stereocenters. The highest BCUT2D eigenvalue weighted by molar-refractivity contribution is 6.23. The molecule has 0 saturated carbocycles. The number of hydrogen-bond donors (Lipinski definition) is 0. The molecule has 0 bridgehead atoms. The first kappa shape index (κ1) is 49.7.